The van der Waals surface area contributed by atoms with Crippen LogP contribution in [0.2, 0.25) is 0 Å². The number of aromatic nitrogens is 2. The van der Waals surface area contributed by atoms with Gasteiger partial charge >= 0.3 is 0 Å². The molecule has 0 aliphatic carbocycles. The Morgan fingerprint density at radius 2 is 1.70 bits per heavy atom. The summed E-state index contributed by atoms with van der Waals surface area (Å²) >= 11 is 0. The normalized spacial score (nSPS) is 16.8. The maximum Gasteiger partial charge on any atom is 0.228 e. The molecule has 0 atom stereocenters. The van der Waals surface area contributed by atoms with Gasteiger partial charge in [-0.05, 0) is 62.7 Å². The number of sulfone groups is 1. The van der Waals surface area contributed by atoms with Gasteiger partial charge in [-0.3, -0.25) is 4.79 Å². The largest absolute Gasteiger partial charge is 0.493 e. The van der Waals surface area contributed by atoms with Crippen molar-refractivity contribution in [2.45, 2.75) is 24.2 Å². The molecular formula is C28H36N6O5S. The molecule has 0 saturated carbocycles. The van der Waals surface area contributed by atoms with E-state index in [9.17, 15) is 13.2 Å². The fraction of sp³-hybridized carbons (Fsp3) is 0.464. The number of rotatable bonds is 11. The second-order valence-electron chi connectivity index (χ2n) is 10.1. The molecule has 5 rings (SSSR count). The molecule has 2 saturated heterocycles. The van der Waals surface area contributed by atoms with E-state index >= 15 is 0 Å². The van der Waals surface area contributed by atoms with Crippen LogP contribution in [0.15, 0.2) is 47.6 Å². The van der Waals surface area contributed by atoms with Gasteiger partial charge in [0.25, 0.3) is 0 Å². The van der Waals surface area contributed by atoms with Crippen LogP contribution in [0.1, 0.15) is 19.3 Å². The zero-order valence-corrected chi connectivity index (χ0v) is 23.8. The second kappa shape index (κ2) is 12.4. The lowest BCUT2D eigenvalue weighted by Crippen LogP contribution is -2.54. The molecule has 2 aliphatic rings. The standard InChI is InChI=1S/C28H36N6O5S/c1-38-26-18-24-25(19-27(26)39-17-5-12-31-10-3-4-11-31)29-20-30-28(24)32-13-15-33(16-14-32)34(21-35)22-6-8-23(9-7-22)40(2,36)37/h6-9,18-21H,3-5,10-17H2,1-2H3. The van der Waals surface area contributed by atoms with Gasteiger partial charge in [0.2, 0.25) is 6.41 Å². The predicted molar refractivity (Wildman–Crippen MR) is 154 cm³/mol. The number of piperazine rings is 1. The van der Waals surface area contributed by atoms with Crippen molar-refractivity contribution in [1.82, 2.24) is 19.9 Å². The van der Waals surface area contributed by atoms with E-state index in [4.69, 9.17) is 9.47 Å². The summed E-state index contributed by atoms with van der Waals surface area (Å²) in [6.07, 6.45) is 7.01. The van der Waals surface area contributed by atoms with Crippen LogP contribution >= 0.6 is 0 Å². The quantitative estimate of drug-likeness (QED) is 0.253. The summed E-state index contributed by atoms with van der Waals surface area (Å²) in [5, 5.41) is 4.34. The number of fused-ring (bicyclic) bond motifs is 1. The molecule has 2 aromatic carbocycles. The van der Waals surface area contributed by atoms with Crippen LogP contribution in [0.3, 0.4) is 0 Å². The summed E-state index contributed by atoms with van der Waals surface area (Å²) in [5.41, 5.74) is 1.39. The number of likely N-dealkylation sites (tertiary alicyclic amines) is 1. The molecular weight excluding hydrogens is 532 g/mol. The molecule has 2 fully saturated rings. The first-order chi connectivity index (χ1) is 19.4. The van der Waals surface area contributed by atoms with Gasteiger partial charge in [0, 0.05) is 50.4 Å². The minimum absolute atomic E-state index is 0.216. The van der Waals surface area contributed by atoms with E-state index < -0.39 is 9.84 Å². The molecule has 214 valence electrons. The highest BCUT2D eigenvalue weighted by Gasteiger charge is 2.25. The summed E-state index contributed by atoms with van der Waals surface area (Å²) < 4.78 is 35.3. The van der Waals surface area contributed by atoms with Gasteiger partial charge < -0.3 is 19.3 Å². The zero-order valence-electron chi connectivity index (χ0n) is 23.0. The maximum absolute atomic E-state index is 12.0. The number of hydrogen-bond acceptors (Lipinski definition) is 10. The Hall–Kier alpha value is -3.48. The summed E-state index contributed by atoms with van der Waals surface area (Å²) in [7, 11) is -1.67. The summed E-state index contributed by atoms with van der Waals surface area (Å²) in [5.74, 6) is 2.13. The summed E-state index contributed by atoms with van der Waals surface area (Å²) in [4.78, 5) is 25.9. The fourth-order valence-electron chi connectivity index (χ4n) is 5.31. The summed E-state index contributed by atoms with van der Waals surface area (Å²) in [6.45, 7) is 6.44. The van der Waals surface area contributed by atoms with Crippen molar-refractivity contribution in [3.05, 3.63) is 42.7 Å². The molecule has 1 amide bonds. The maximum atomic E-state index is 12.0. The van der Waals surface area contributed by atoms with E-state index in [-0.39, 0.29) is 4.90 Å². The van der Waals surface area contributed by atoms with Crippen molar-refractivity contribution in [2.75, 3.05) is 75.7 Å². The second-order valence-corrected chi connectivity index (χ2v) is 12.1. The molecule has 12 heteroatoms. The molecule has 2 aliphatic heterocycles. The van der Waals surface area contributed by atoms with Gasteiger partial charge in [0.05, 0.1) is 29.8 Å². The third-order valence-electron chi connectivity index (χ3n) is 7.46. The van der Waals surface area contributed by atoms with Crippen LogP contribution in [0.25, 0.3) is 10.9 Å². The highest BCUT2D eigenvalue weighted by molar-refractivity contribution is 7.90. The number of ether oxygens (including phenoxy) is 2. The van der Waals surface area contributed by atoms with Gasteiger partial charge in [0.15, 0.2) is 21.3 Å². The van der Waals surface area contributed by atoms with Crippen molar-refractivity contribution >= 4 is 38.7 Å². The number of hydrogen-bond donors (Lipinski definition) is 0. The van der Waals surface area contributed by atoms with Crippen LogP contribution in [0, 0.1) is 0 Å². The van der Waals surface area contributed by atoms with Crippen LogP contribution in [-0.2, 0) is 14.6 Å². The molecule has 0 bridgehead atoms. The topological polar surface area (TPSA) is 108 Å². The smallest absolute Gasteiger partial charge is 0.228 e. The first kappa shape index (κ1) is 28.1. The lowest BCUT2D eigenvalue weighted by Gasteiger charge is -2.40. The summed E-state index contributed by atoms with van der Waals surface area (Å²) in [6, 6.07) is 10.2. The van der Waals surface area contributed by atoms with Crippen LogP contribution in [0.5, 0.6) is 11.5 Å². The number of anilines is 2. The molecule has 1 aromatic heterocycles. The number of carbonyl (C=O) groups is 1. The third-order valence-corrected chi connectivity index (χ3v) is 8.59. The number of hydrazine groups is 1. The fourth-order valence-corrected chi connectivity index (χ4v) is 5.94. The van der Waals surface area contributed by atoms with E-state index in [1.54, 1.807) is 25.6 Å². The Labute approximate surface area is 235 Å². The van der Waals surface area contributed by atoms with Crippen molar-refractivity contribution in [2.24, 2.45) is 0 Å². The van der Waals surface area contributed by atoms with Gasteiger partial charge in [-0.1, -0.05) is 0 Å². The van der Waals surface area contributed by atoms with Crippen LogP contribution < -0.4 is 19.4 Å². The molecule has 3 aromatic rings. The lowest BCUT2D eigenvalue weighted by molar-refractivity contribution is -0.110. The Morgan fingerprint density at radius 1 is 0.975 bits per heavy atom. The van der Waals surface area contributed by atoms with E-state index in [1.165, 1.54) is 43.1 Å². The monoisotopic (exact) mass is 568 g/mol. The van der Waals surface area contributed by atoms with E-state index in [0.717, 1.165) is 42.4 Å². The first-order valence-corrected chi connectivity index (χ1v) is 15.5. The third kappa shape index (κ3) is 6.29. The van der Waals surface area contributed by atoms with E-state index in [1.807, 2.05) is 17.1 Å². The molecule has 0 N–H and O–H groups in total. The van der Waals surface area contributed by atoms with Crippen molar-refractivity contribution in [3.63, 3.8) is 0 Å². The first-order valence-electron chi connectivity index (χ1n) is 13.6. The van der Waals surface area contributed by atoms with E-state index in [0.29, 0.717) is 50.0 Å². The Balaban J connectivity index is 1.26. The number of carbonyl (C=O) groups excluding carboxylic acids is 1. The number of benzene rings is 2. The lowest BCUT2D eigenvalue weighted by atomic mass is 10.2. The number of methoxy groups -OCH3 is 1. The predicted octanol–water partition coefficient (Wildman–Crippen LogP) is 2.61. The van der Waals surface area contributed by atoms with Crippen molar-refractivity contribution in [1.29, 1.82) is 0 Å². The highest BCUT2D eigenvalue weighted by atomic mass is 32.2. The number of amides is 1. The van der Waals surface area contributed by atoms with E-state index in [2.05, 4.69) is 19.8 Å². The zero-order chi connectivity index (χ0) is 28.1. The Kier molecular flexibility index (Phi) is 8.67. The molecule has 40 heavy (non-hydrogen) atoms. The average molecular weight is 569 g/mol. The SMILES string of the molecule is COc1cc2c(N3CCN(N(C=O)c4ccc(S(C)(=O)=O)cc4)CC3)ncnc2cc1OCCCN1CCCC1. The van der Waals surface area contributed by atoms with Gasteiger partial charge in [-0.2, -0.15) is 0 Å². The minimum atomic E-state index is -3.31. The molecule has 0 unspecified atom stereocenters. The van der Waals surface area contributed by atoms with Crippen molar-refractivity contribution < 1.29 is 22.7 Å². The number of nitrogens with zero attached hydrogens (tertiary/aromatic N) is 6. The van der Waals surface area contributed by atoms with Gasteiger partial charge in [-0.15, -0.1) is 0 Å². The molecule has 0 radical (unpaired) electrons. The van der Waals surface area contributed by atoms with Crippen molar-refractivity contribution in [3.8, 4) is 11.5 Å². The molecule has 0 spiro atoms. The minimum Gasteiger partial charge on any atom is -0.493 e. The van der Waals surface area contributed by atoms with Crippen LogP contribution in [0.4, 0.5) is 11.5 Å². The van der Waals surface area contributed by atoms with Gasteiger partial charge in [0.1, 0.15) is 12.1 Å². The highest BCUT2D eigenvalue weighted by Crippen LogP contribution is 2.35. The molecule has 3 heterocycles. The average Bonchev–Trinajstić information content (AvgIpc) is 3.49. The molecule has 11 nitrogen and oxygen atoms in total. The van der Waals surface area contributed by atoms with Gasteiger partial charge in [-0.25, -0.2) is 28.4 Å². The van der Waals surface area contributed by atoms with Crippen LogP contribution in [-0.4, -0.2) is 100 Å². The Morgan fingerprint density at radius 3 is 2.35 bits per heavy atom. The Bertz CT molecular complexity index is 1420.